The molecule has 1 N–H and O–H groups in total. The molecule has 0 heterocycles. The van der Waals surface area contributed by atoms with Gasteiger partial charge in [-0.1, -0.05) is 0 Å². The van der Waals surface area contributed by atoms with Crippen molar-refractivity contribution in [3.63, 3.8) is 0 Å². The average molecular weight is 192 g/mol. The summed E-state index contributed by atoms with van der Waals surface area (Å²) in [4.78, 5) is 0. The highest BCUT2D eigenvalue weighted by Crippen LogP contribution is 2.57. The van der Waals surface area contributed by atoms with E-state index in [2.05, 4.69) is 25.2 Å². The van der Waals surface area contributed by atoms with Crippen LogP contribution in [0, 0.1) is 16.7 Å². The van der Waals surface area contributed by atoms with Gasteiger partial charge in [-0.2, -0.15) is 5.26 Å². The first-order valence-corrected chi connectivity index (χ1v) is 5.79. The molecule has 0 saturated heterocycles. The van der Waals surface area contributed by atoms with Gasteiger partial charge in [0.05, 0.1) is 6.07 Å². The zero-order chi connectivity index (χ0) is 10.2. The Labute approximate surface area is 86.7 Å². The van der Waals surface area contributed by atoms with Crippen LogP contribution in [-0.4, -0.2) is 11.6 Å². The highest BCUT2D eigenvalue weighted by molar-refractivity contribution is 5.13. The number of hydrogen-bond acceptors (Lipinski definition) is 2. The monoisotopic (exact) mass is 192 g/mol. The molecule has 2 fully saturated rings. The van der Waals surface area contributed by atoms with Crippen molar-refractivity contribution in [3.8, 4) is 6.07 Å². The third kappa shape index (κ3) is 1.79. The number of nitrogens with zero attached hydrogens (tertiary/aromatic N) is 1. The number of nitriles is 1. The van der Waals surface area contributed by atoms with Gasteiger partial charge in [-0.25, -0.2) is 0 Å². The lowest BCUT2D eigenvalue weighted by Gasteiger charge is -2.37. The molecule has 0 unspecified atom stereocenters. The van der Waals surface area contributed by atoms with Crippen LogP contribution in [0.3, 0.4) is 0 Å². The smallest absolute Gasteiger partial charge is 0.107 e. The Kier molecular flexibility index (Phi) is 2.31. The van der Waals surface area contributed by atoms with E-state index in [0.717, 1.165) is 12.8 Å². The van der Waals surface area contributed by atoms with Gasteiger partial charge in [0, 0.05) is 6.04 Å². The predicted octanol–water partition coefficient (Wildman–Crippen LogP) is 2.60. The Morgan fingerprint density at radius 1 is 1.07 bits per heavy atom. The SMILES string of the molecule is CC(C)NC1(C#N)CCC2(CC2)CC1. The quantitative estimate of drug-likeness (QED) is 0.730. The molecule has 0 aromatic rings. The lowest BCUT2D eigenvalue weighted by atomic mass is 9.75. The van der Waals surface area contributed by atoms with Gasteiger partial charge in [-0.05, 0) is 57.8 Å². The Bertz CT molecular complexity index is 248. The molecule has 2 aliphatic rings. The molecule has 0 bridgehead atoms. The van der Waals surface area contributed by atoms with Crippen LogP contribution in [0.1, 0.15) is 52.4 Å². The maximum atomic E-state index is 9.27. The Morgan fingerprint density at radius 3 is 1.93 bits per heavy atom. The summed E-state index contributed by atoms with van der Waals surface area (Å²) < 4.78 is 0. The minimum absolute atomic E-state index is 0.206. The molecule has 2 rings (SSSR count). The van der Waals surface area contributed by atoms with Gasteiger partial charge in [0.15, 0.2) is 0 Å². The zero-order valence-corrected chi connectivity index (χ0v) is 9.27. The Balaban J connectivity index is 1.98. The number of rotatable bonds is 2. The predicted molar refractivity (Wildman–Crippen MR) is 56.8 cm³/mol. The molecule has 2 heteroatoms. The molecule has 1 spiro atoms. The van der Waals surface area contributed by atoms with E-state index in [1.165, 1.54) is 25.7 Å². The van der Waals surface area contributed by atoms with Crippen molar-refractivity contribution in [1.29, 1.82) is 5.26 Å². The molecule has 2 nitrogen and oxygen atoms in total. The standard InChI is InChI=1S/C12H20N2/c1-10(2)14-12(9-13)7-5-11(3-4-11)6-8-12/h10,14H,3-8H2,1-2H3. The van der Waals surface area contributed by atoms with Gasteiger partial charge >= 0.3 is 0 Å². The molecule has 14 heavy (non-hydrogen) atoms. The van der Waals surface area contributed by atoms with E-state index in [9.17, 15) is 5.26 Å². The van der Waals surface area contributed by atoms with E-state index in [-0.39, 0.29) is 5.54 Å². The third-order valence-electron chi connectivity index (χ3n) is 3.90. The molecule has 0 aliphatic heterocycles. The van der Waals surface area contributed by atoms with Gasteiger partial charge in [0.2, 0.25) is 0 Å². The summed E-state index contributed by atoms with van der Waals surface area (Å²) in [5, 5.41) is 12.7. The fraction of sp³-hybridized carbons (Fsp3) is 0.917. The summed E-state index contributed by atoms with van der Waals surface area (Å²) in [5.41, 5.74) is 0.473. The highest BCUT2D eigenvalue weighted by atomic mass is 15.0. The van der Waals surface area contributed by atoms with Crippen LogP contribution in [0.4, 0.5) is 0 Å². The van der Waals surface area contributed by atoms with Crippen LogP contribution in [0.15, 0.2) is 0 Å². The second kappa shape index (κ2) is 3.24. The molecular formula is C12H20N2. The summed E-state index contributed by atoms with van der Waals surface area (Å²) in [6.07, 6.45) is 7.47. The minimum Gasteiger partial charge on any atom is -0.297 e. The van der Waals surface area contributed by atoms with Gasteiger partial charge in [-0.15, -0.1) is 0 Å². The van der Waals surface area contributed by atoms with Crippen molar-refractivity contribution in [2.24, 2.45) is 5.41 Å². The summed E-state index contributed by atoms with van der Waals surface area (Å²) in [7, 11) is 0. The van der Waals surface area contributed by atoms with Gasteiger partial charge in [0.1, 0.15) is 5.54 Å². The molecule has 0 atom stereocenters. The zero-order valence-electron chi connectivity index (χ0n) is 9.27. The van der Waals surface area contributed by atoms with Crippen LogP contribution in [0.2, 0.25) is 0 Å². The fourth-order valence-corrected chi connectivity index (χ4v) is 2.72. The van der Waals surface area contributed by atoms with Crippen LogP contribution in [0.25, 0.3) is 0 Å². The Hall–Kier alpha value is -0.550. The topological polar surface area (TPSA) is 35.8 Å². The first kappa shape index (κ1) is 9.98. The van der Waals surface area contributed by atoms with E-state index in [0.29, 0.717) is 11.5 Å². The van der Waals surface area contributed by atoms with Crippen LogP contribution >= 0.6 is 0 Å². The second-order valence-corrected chi connectivity index (χ2v) is 5.49. The van der Waals surface area contributed by atoms with Crippen molar-refractivity contribution < 1.29 is 0 Å². The first-order chi connectivity index (χ1) is 6.60. The molecule has 2 saturated carbocycles. The maximum Gasteiger partial charge on any atom is 0.107 e. The maximum absolute atomic E-state index is 9.27. The molecule has 0 amide bonds. The van der Waals surface area contributed by atoms with E-state index in [4.69, 9.17) is 0 Å². The first-order valence-electron chi connectivity index (χ1n) is 5.79. The third-order valence-corrected chi connectivity index (χ3v) is 3.90. The number of hydrogen-bond donors (Lipinski definition) is 1. The summed E-state index contributed by atoms with van der Waals surface area (Å²) >= 11 is 0. The molecule has 0 aromatic carbocycles. The Morgan fingerprint density at radius 2 is 1.57 bits per heavy atom. The molecule has 0 aromatic heterocycles. The van der Waals surface area contributed by atoms with Crippen molar-refractivity contribution >= 4 is 0 Å². The van der Waals surface area contributed by atoms with Gasteiger partial charge in [0.25, 0.3) is 0 Å². The van der Waals surface area contributed by atoms with Gasteiger partial charge in [-0.3, -0.25) is 5.32 Å². The van der Waals surface area contributed by atoms with E-state index < -0.39 is 0 Å². The summed E-state index contributed by atoms with van der Waals surface area (Å²) in [6.45, 7) is 4.25. The highest BCUT2D eigenvalue weighted by Gasteiger charge is 2.49. The second-order valence-electron chi connectivity index (χ2n) is 5.49. The van der Waals surface area contributed by atoms with Gasteiger partial charge < -0.3 is 0 Å². The lowest BCUT2D eigenvalue weighted by Crippen LogP contribution is -2.50. The van der Waals surface area contributed by atoms with Crippen LogP contribution in [-0.2, 0) is 0 Å². The molecule has 78 valence electrons. The van der Waals surface area contributed by atoms with Crippen molar-refractivity contribution in [1.82, 2.24) is 5.32 Å². The van der Waals surface area contributed by atoms with Crippen LogP contribution in [0.5, 0.6) is 0 Å². The summed E-state index contributed by atoms with van der Waals surface area (Å²) in [6, 6.07) is 2.92. The molecule has 2 aliphatic carbocycles. The normalized spacial score (nSPS) is 27.6. The van der Waals surface area contributed by atoms with Crippen molar-refractivity contribution in [2.45, 2.75) is 64.0 Å². The largest absolute Gasteiger partial charge is 0.297 e. The average Bonchev–Trinajstić information content (AvgIpc) is 2.90. The number of nitrogens with one attached hydrogen (secondary N) is 1. The molecule has 0 radical (unpaired) electrons. The lowest BCUT2D eigenvalue weighted by molar-refractivity contribution is 0.213. The minimum atomic E-state index is -0.206. The van der Waals surface area contributed by atoms with E-state index in [1.807, 2.05) is 0 Å². The van der Waals surface area contributed by atoms with E-state index >= 15 is 0 Å². The molecular weight excluding hydrogens is 172 g/mol. The fourth-order valence-electron chi connectivity index (χ4n) is 2.72. The van der Waals surface area contributed by atoms with E-state index in [1.54, 1.807) is 0 Å². The summed E-state index contributed by atoms with van der Waals surface area (Å²) in [5.74, 6) is 0. The van der Waals surface area contributed by atoms with Crippen LogP contribution < -0.4 is 5.32 Å². The van der Waals surface area contributed by atoms with Crippen molar-refractivity contribution in [3.05, 3.63) is 0 Å². The van der Waals surface area contributed by atoms with Crippen molar-refractivity contribution in [2.75, 3.05) is 0 Å².